The molecule has 1 saturated carbocycles. The normalized spacial score (nSPS) is 23.1. The first kappa shape index (κ1) is 19.6. The fourth-order valence-corrected chi connectivity index (χ4v) is 3.43. The maximum Gasteiger partial charge on any atom is 0.426 e. The quantitative estimate of drug-likeness (QED) is 0.421. The number of esters is 1. The zero-order chi connectivity index (χ0) is 18.3. The van der Waals surface area contributed by atoms with Gasteiger partial charge in [0.25, 0.3) is 0 Å². The Hall–Kier alpha value is -0.760. The smallest absolute Gasteiger partial charge is 0.426 e. The lowest BCUT2D eigenvalue weighted by atomic mass is 10.1. The van der Waals surface area contributed by atoms with Crippen LogP contribution < -0.4 is 0 Å². The average molecular weight is 473 g/mol. The molecule has 0 radical (unpaired) electrons. The zero-order valence-electron chi connectivity index (χ0n) is 13.4. The number of rotatable bonds is 4. The Morgan fingerprint density at radius 1 is 1.42 bits per heavy atom. The van der Waals surface area contributed by atoms with Gasteiger partial charge in [-0.05, 0) is 58.0 Å². The van der Waals surface area contributed by atoms with Crippen molar-refractivity contribution in [3.8, 4) is 0 Å². The Morgan fingerprint density at radius 2 is 2.04 bits per heavy atom. The maximum atomic E-state index is 12.6. The van der Waals surface area contributed by atoms with Crippen LogP contribution in [-0.4, -0.2) is 12.1 Å². The van der Waals surface area contributed by atoms with Gasteiger partial charge in [0.05, 0.1) is 5.92 Å². The van der Waals surface area contributed by atoms with E-state index < -0.39 is 34.4 Å². The van der Waals surface area contributed by atoms with E-state index in [9.17, 15) is 18.0 Å². The Balaban J connectivity index is 2.04. The van der Waals surface area contributed by atoms with Gasteiger partial charge in [-0.25, -0.2) is 0 Å². The van der Waals surface area contributed by atoms with Gasteiger partial charge in [0.2, 0.25) is 0 Å². The SMILES string of the molecule is Cc1c(I)cccc1COC(=O)[C@@H]1[C@H](/C=C(\Cl)C(F)(F)F)C1(C)C. The third kappa shape index (κ3) is 4.07. The lowest BCUT2D eigenvalue weighted by molar-refractivity contribution is -0.147. The second-order valence-electron chi connectivity index (χ2n) is 6.47. The number of alkyl halides is 3. The molecule has 1 aromatic carbocycles. The van der Waals surface area contributed by atoms with Gasteiger partial charge in [0.1, 0.15) is 11.6 Å². The van der Waals surface area contributed by atoms with Crippen LogP contribution in [0.3, 0.4) is 0 Å². The van der Waals surface area contributed by atoms with Crippen LogP contribution in [0, 0.1) is 27.7 Å². The Morgan fingerprint density at radius 3 is 2.62 bits per heavy atom. The highest BCUT2D eigenvalue weighted by Gasteiger charge is 2.62. The van der Waals surface area contributed by atoms with Crippen LogP contribution in [0.2, 0.25) is 0 Å². The van der Waals surface area contributed by atoms with E-state index in [0.29, 0.717) is 0 Å². The summed E-state index contributed by atoms with van der Waals surface area (Å²) in [6, 6.07) is 5.68. The van der Waals surface area contributed by atoms with Gasteiger partial charge in [0, 0.05) is 3.57 Å². The van der Waals surface area contributed by atoms with Crippen LogP contribution in [0.4, 0.5) is 13.2 Å². The van der Waals surface area contributed by atoms with Crippen molar-refractivity contribution in [1.82, 2.24) is 0 Å². The van der Waals surface area contributed by atoms with Gasteiger partial charge in [-0.15, -0.1) is 0 Å². The summed E-state index contributed by atoms with van der Waals surface area (Å²) in [5.41, 5.74) is 1.31. The Labute approximate surface area is 157 Å². The number of halogens is 5. The molecule has 132 valence electrons. The summed E-state index contributed by atoms with van der Waals surface area (Å²) in [6.45, 7) is 5.51. The van der Waals surface area contributed by atoms with E-state index in [0.717, 1.165) is 20.8 Å². The minimum absolute atomic E-state index is 0.109. The average Bonchev–Trinajstić information content (AvgIpc) is 3.00. The second kappa shape index (κ2) is 6.86. The molecule has 0 spiro atoms. The fraction of sp³-hybridized carbons (Fsp3) is 0.471. The summed E-state index contributed by atoms with van der Waals surface area (Å²) < 4.78 is 44.0. The van der Waals surface area contributed by atoms with Gasteiger partial charge in [-0.2, -0.15) is 13.2 Å². The van der Waals surface area contributed by atoms with Crippen molar-refractivity contribution in [3.05, 3.63) is 44.0 Å². The lowest BCUT2D eigenvalue weighted by Crippen LogP contribution is -2.11. The van der Waals surface area contributed by atoms with Crippen LogP contribution in [0.5, 0.6) is 0 Å². The van der Waals surface area contributed by atoms with Crippen molar-refractivity contribution in [2.45, 2.75) is 33.6 Å². The van der Waals surface area contributed by atoms with Crippen molar-refractivity contribution in [1.29, 1.82) is 0 Å². The van der Waals surface area contributed by atoms with E-state index in [1.165, 1.54) is 0 Å². The van der Waals surface area contributed by atoms with Crippen LogP contribution in [0.25, 0.3) is 0 Å². The summed E-state index contributed by atoms with van der Waals surface area (Å²) >= 11 is 7.48. The maximum absolute atomic E-state index is 12.6. The predicted molar refractivity (Wildman–Crippen MR) is 94.4 cm³/mol. The van der Waals surface area contributed by atoms with Crippen LogP contribution in [0.15, 0.2) is 29.3 Å². The molecule has 0 saturated heterocycles. The molecule has 1 fully saturated rings. The third-order valence-corrected chi connectivity index (χ3v) is 6.02. The van der Waals surface area contributed by atoms with Gasteiger partial charge in [0.15, 0.2) is 0 Å². The molecule has 2 rings (SSSR count). The van der Waals surface area contributed by atoms with E-state index in [1.54, 1.807) is 13.8 Å². The largest absolute Gasteiger partial charge is 0.461 e. The molecule has 0 aliphatic heterocycles. The highest BCUT2D eigenvalue weighted by molar-refractivity contribution is 14.1. The summed E-state index contributed by atoms with van der Waals surface area (Å²) in [5.74, 6) is -1.68. The minimum atomic E-state index is -4.59. The van der Waals surface area contributed by atoms with Crippen molar-refractivity contribution in [2.24, 2.45) is 17.3 Å². The first-order chi connectivity index (χ1) is 11.0. The van der Waals surface area contributed by atoms with E-state index >= 15 is 0 Å². The third-order valence-electron chi connectivity index (χ3n) is 4.51. The predicted octanol–water partition coefficient (Wildman–Crippen LogP) is 5.60. The van der Waals surface area contributed by atoms with E-state index in [4.69, 9.17) is 16.3 Å². The van der Waals surface area contributed by atoms with Crippen molar-refractivity contribution < 1.29 is 22.7 Å². The molecular weight excluding hydrogens is 456 g/mol. The zero-order valence-corrected chi connectivity index (χ0v) is 16.3. The molecule has 0 amide bonds. The fourth-order valence-electron chi connectivity index (χ4n) is 2.74. The highest BCUT2D eigenvalue weighted by atomic mass is 127. The summed E-state index contributed by atoms with van der Waals surface area (Å²) in [4.78, 5) is 12.3. The molecule has 1 aliphatic carbocycles. The standard InChI is InChI=1S/C17H17ClF3IO2/c1-9-10(5-4-6-12(9)22)8-24-15(23)14-11(16(14,2)3)7-13(18)17(19,20)21/h4-7,11,14H,8H2,1-3H3/b13-7-/t11-,14-/m0/s1. The molecule has 7 heteroatoms. The molecule has 2 atom stereocenters. The second-order valence-corrected chi connectivity index (χ2v) is 8.04. The minimum Gasteiger partial charge on any atom is -0.461 e. The van der Waals surface area contributed by atoms with Crippen LogP contribution >= 0.6 is 34.2 Å². The molecule has 2 nitrogen and oxygen atoms in total. The molecule has 1 aromatic rings. The number of hydrogen-bond donors (Lipinski definition) is 0. The molecule has 24 heavy (non-hydrogen) atoms. The topological polar surface area (TPSA) is 26.3 Å². The summed E-state index contributed by atoms with van der Waals surface area (Å²) in [7, 11) is 0. The van der Waals surface area contributed by atoms with Crippen LogP contribution in [-0.2, 0) is 16.1 Å². The molecular formula is C17H17ClF3IO2. The van der Waals surface area contributed by atoms with Crippen molar-refractivity contribution in [2.75, 3.05) is 0 Å². The summed E-state index contributed by atoms with van der Waals surface area (Å²) in [5, 5.41) is -1.19. The number of benzene rings is 1. The van der Waals surface area contributed by atoms with Gasteiger partial charge in [-0.1, -0.05) is 43.7 Å². The van der Waals surface area contributed by atoms with Crippen molar-refractivity contribution in [3.63, 3.8) is 0 Å². The van der Waals surface area contributed by atoms with E-state index in [-0.39, 0.29) is 6.61 Å². The van der Waals surface area contributed by atoms with Gasteiger partial charge >= 0.3 is 12.1 Å². The van der Waals surface area contributed by atoms with E-state index in [1.807, 2.05) is 25.1 Å². The first-order valence-electron chi connectivity index (χ1n) is 7.31. The molecule has 0 aromatic heterocycles. The molecule has 0 unspecified atom stereocenters. The number of hydrogen-bond acceptors (Lipinski definition) is 2. The molecule has 1 aliphatic rings. The number of allylic oxidation sites excluding steroid dienone is 2. The van der Waals surface area contributed by atoms with Gasteiger partial charge < -0.3 is 4.74 Å². The number of carbonyl (C=O) groups excluding carboxylic acids is 1. The van der Waals surface area contributed by atoms with Crippen molar-refractivity contribution >= 4 is 40.2 Å². The van der Waals surface area contributed by atoms with Crippen LogP contribution in [0.1, 0.15) is 25.0 Å². The number of ether oxygens (including phenoxy) is 1. The Kier molecular flexibility index (Phi) is 5.59. The molecule has 0 N–H and O–H groups in total. The lowest BCUT2D eigenvalue weighted by Gasteiger charge is -2.09. The monoisotopic (exact) mass is 472 g/mol. The molecule has 0 bridgehead atoms. The summed E-state index contributed by atoms with van der Waals surface area (Å²) in [6.07, 6.45) is -3.67. The number of carbonyl (C=O) groups is 1. The first-order valence-corrected chi connectivity index (χ1v) is 8.77. The molecule has 0 heterocycles. The van der Waals surface area contributed by atoms with E-state index in [2.05, 4.69) is 22.6 Å². The highest BCUT2D eigenvalue weighted by Crippen LogP contribution is 2.60. The Bertz CT molecular complexity index is 683. The van der Waals surface area contributed by atoms with Gasteiger partial charge in [-0.3, -0.25) is 4.79 Å².